The minimum atomic E-state index is -0.439. The van der Waals surface area contributed by atoms with Crippen LogP contribution in [0.3, 0.4) is 0 Å². The van der Waals surface area contributed by atoms with E-state index in [-0.39, 0.29) is 24.0 Å². The number of likely N-dealkylation sites (tertiary alicyclic amines) is 1. The summed E-state index contributed by atoms with van der Waals surface area (Å²) in [5.41, 5.74) is 3.72. The van der Waals surface area contributed by atoms with Crippen LogP contribution in [0.1, 0.15) is 18.4 Å². The van der Waals surface area contributed by atoms with Gasteiger partial charge >= 0.3 is 5.69 Å². The molecule has 1 saturated heterocycles. The molecule has 1 aliphatic heterocycles. The maximum atomic E-state index is 14.6. The van der Waals surface area contributed by atoms with Crippen LogP contribution in [0.4, 0.5) is 8.78 Å². The smallest absolute Gasteiger partial charge is 0.348 e. The quantitative estimate of drug-likeness (QED) is 0.249. The van der Waals surface area contributed by atoms with E-state index in [1.165, 1.54) is 34.4 Å². The number of H-pyrrole nitrogens is 1. The second-order valence-corrected chi connectivity index (χ2v) is 11.0. The first-order chi connectivity index (χ1) is 19.9. The minimum absolute atomic E-state index is 0. The molecule has 0 unspecified atom stereocenters. The predicted octanol–water partition coefficient (Wildman–Crippen LogP) is 6.29. The molecular weight excluding hydrogens is 558 g/mol. The molecule has 10 heteroatoms. The largest absolute Gasteiger partial charge is 0.350 e. The van der Waals surface area contributed by atoms with E-state index in [2.05, 4.69) is 43.9 Å². The van der Waals surface area contributed by atoms with Gasteiger partial charge in [0.15, 0.2) is 5.82 Å². The van der Waals surface area contributed by atoms with E-state index in [1.807, 2.05) is 30.1 Å². The third-order valence-corrected chi connectivity index (χ3v) is 8.34. The molecule has 0 saturated carbocycles. The number of hydrogen-bond donors (Lipinski definition) is 1. The summed E-state index contributed by atoms with van der Waals surface area (Å²) in [6.07, 6.45) is 5.87. The van der Waals surface area contributed by atoms with Gasteiger partial charge in [-0.2, -0.15) is 5.10 Å². The van der Waals surface area contributed by atoms with E-state index in [4.69, 9.17) is 0 Å². The van der Waals surface area contributed by atoms with Crippen LogP contribution < -0.4 is 5.69 Å². The third-order valence-electron chi connectivity index (χ3n) is 8.34. The predicted molar refractivity (Wildman–Crippen MR) is 163 cm³/mol. The number of aryl methyl sites for hydroxylation is 1. The van der Waals surface area contributed by atoms with Crippen molar-refractivity contribution in [2.45, 2.75) is 25.9 Å². The Balaban J connectivity index is 0.00000316. The zero-order valence-electron chi connectivity index (χ0n) is 23.1. The molecule has 7 rings (SSSR count). The van der Waals surface area contributed by atoms with E-state index in [0.29, 0.717) is 33.8 Å². The monoisotopic (exact) mass is 588 g/mol. The molecule has 42 heavy (non-hydrogen) atoms. The fourth-order valence-electron chi connectivity index (χ4n) is 6.27. The average molecular weight is 589 g/mol. The van der Waals surface area contributed by atoms with Crippen LogP contribution >= 0.6 is 12.4 Å². The van der Waals surface area contributed by atoms with Crippen molar-refractivity contribution in [3.8, 4) is 17.1 Å². The molecule has 1 aliphatic rings. The first kappa shape index (κ1) is 27.9. The molecule has 0 spiro atoms. The Morgan fingerprint density at radius 3 is 2.33 bits per heavy atom. The van der Waals surface area contributed by atoms with Gasteiger partial charge in [-0.05, 0) is 73.8 Å². The van der Waals surface area contributed by atoms with Crippen molar-refractivity contribution in [1.29, 1.82) is 0 Å². The van der Waals surface area contributed by atoms with Crippen LogP contribution in [0.5, 0.6) is 0 Å². The molecule has 0 atom stereocenters. The normalized spacial score (nSPS) is 14.5. The number of benzene rings is 3. The van der Waals surface area contributed by atoms with Crippen molar-refractivity contribution in [3.05, 3.63) is 107 Å². The van der Waals surface area contributed by atoms with Gasteiger partial charge in [-0.3, -0.25) is 4.90 Å². The molecule has 216 valence electrons. The molecular formula is C32H31ClF2N6O. The van der Waals surface area contributed by atoms with Gasteiger partial charge in [-0.15, -0.1) is 12.4 Å². The number of halogens is 3. The summed E-state index contributed by atoms with van der Waals surface area (Å²) in [5.74, 6) is 0.0553. The Morgan fingerprint density at radius 1 is 0.905 bits per heavy atom. The van der Waals surface area contributed by atoms with Crippen LogP contribution in [0, 0.1) is 17.6 Å². The highest BCUT2D eigenvalue weighted by molar-refractivity contribution is 5.96. The Labute approximate surface area is 247 Å². The van der Waals surface area contributed by atoms with Crippen molar-refractivity contribution >= 4 is 34.2 Å². The second-order valence-electron chi connectivity index (χ2n) is 11.0. The molecule has 3 aromatic carbocycles. The molecule has 1 fully saturated rings. The van der Waals surface area contributed by atoms with Gasteiger partial charge in [0.25, 0.3) is 0 Å². The number of nitrogens with one attached hydrogen (secondary N) is 1. The first-order valence-electron chi connectivity index (χ1n) is 13.9. The molecule has 0 bridgehead atoms. The summed E-state index contributed by atoms with van der Waals surface area (Å²) >= 11 is 0. The van der Waals surface area contributed by atoms with E-state index >= 15 is 0 Å². The molecule has 6 aromatic rings. The maximum absolute atomic E-state index is 14.6. The summed E-state index contributed by atoms with van der Waals surface area (Å²) in [4.78, 5) is 15.7. The average Bonchev–Trinajstić information content (AvgIpc) is 3.62. The number of aromatic amines is 1. The van der Waals surface area contributed by atoms with E-state index in [1.54, 1.807) is 12.1 Å². The van der Waals surface area contributed by atoms with Crippen LogP contribution in [-0.2, 0) is 20.1 Å². The van der Waals surface area contributed by atoms with Gasteiger partial charge in [-0.1, -0.05) is 30.3 Å². The minimum Gasteiger partial charge on any atom is -0.350 e. The van der Waals surface area contributed by atoms with Crippen molar-refractivity contribution < 1.29 is 8.78 Å². The van der Waals surface area contributed by atoms with Gasteiger partial charge in [0.1, 0.15) is 11.6 Å². The summed E-state index contributed by atoms with van der Waals surface area (Å²) < 4.78 is 34.3. The molecule has 1 N–H and O–H groups in total. The fourth-order valence-corrected chi connectivity index (χ4v) is 6.27. The Hall–Kier alpha value is -4.21. The van der Waals surface area contributed by atoms with Crippen LogP contribution in [0.25, 0.3) is 38.9 Å². The maximum Gasteiger partial charge on any atom is 0.348 e. The van der Waals surface area contributed by atoms with Gasteiger partial charge < -0.3 is 9.13 Å². The lowest BCUT2D eigenvalue weighted by Gasteiger charge is -2.32. The number of piperidine rings is 1. The summed E-state index contributed by atoms with van der Waals surface area (Å²) in [7, 11) is 1.87. The first-order valence-corrected chi connectivity index (χ1v) is 13.9. The lowest BCUT2D eigenvalue weighted by atomic mass is 9.96. The summed E-state index contributed by atoms with van der Waals surface area (Å²) in [5, 5.41) is 8.17. The standard InChI is InChI=1S/C32H30F2N6O.ClH/c1-37-19-27(25-15-23(33)7-9-28(25)37)31-35-36-32(41)40(31)30-20-39(29-10-8-24(34)16-26(29)30)18-22-11-13-38(14-12-22)17-21-5-3-2-4-6-21;/h2-10,15-16,19-20,22H,11-14,17-18H2,1H3,(H,36,41);1H. The molecule has 4 heterocycles. The molecule has 0 amide bonds. The Kier molecular flexibility index (Phi) is 7.47. The Bertz CT molecular complexity index is 1930. The SMILES string of the molecule is Cl.Cn1cc(-c2n[nH]c(=O)n2-c2cn(CC3CCN(Cc4ccccc4)CC3)c3ccc(F)cc23)c2cc(F)ccc21. The molecule has 0 aliphatic carbocycles. The van der Waals surface area contributed by atoms with Gasteiger partial charge in [-0.25, -0.2) is 23.2 Å². The number of rotatable bonds is 6. The van der Waals surface area contributed by atoms with E-state index in [0.717, 1.165) is 50.1 Å². The van der Waals surface area contributed by atoms with E-state index in [9.17, 15) is 13.6 Å². The highest BCUT2D eigenvalue weighted by atomic mass is 35.5. The molecule has 3 aromatic heterocycles. The number of nitrogens with zero attached hydrogens (tertiary/aromatic N) is 5. The summed E-state index contributed by atoms with van der Waals surface area (Å²) in [6.45, 7) is 3.75. The molecule has 7 nitrogen and oxygen atoms in total. The lowest BCUT2D eigenvalue weighted by molar-refractivity contribution is 0.168. The third kappa shape index (κ3) is 5.03. The fraction of sp³-hybridized carbons (Fsp3) is 0.250. The van der Waals surface area contributed by atoms with Crippen molar-refractivity contribution in [3.63, 3.8) is 0 Å². The van der Waals surface area contributed by atoms with Crippen LogP contribution in [0.15, 0.2) is 83.9 Å². The lowest BCUT2D eigenvalue weighted by Crippen LogP contribution is -2.34. The zero-order chi connectivity index (χ0) is 28.1. The van der Waals surface area contributed by atoms with Crippen molar-refractivity contribution in [2.75, 3.05) is 13.1 Å². The second kappa shape index (κ2) is 11.2. The highest BCUT2D eigenvalue weighted by Crippen LogP contribution is 2.33. The van der Waals surface area contributed by atoms with Gasteiger partial charge in [0.2, 0.25) is 0 Å². The topological polar surface area (TPSA) is 63.8 Å². The number of aromatic nitrogens is 5. The van der Waals surface area contributed by atoms with Gasteiger partial charge in [0, 0.05) is 54.4 Å². The highest BCUT2D eigenvalue weighted by Gasteiger charge is 2.24. The van der Waals surface area contributed by atoms with Crippen LogP contribution in [-0.4, -0.2) is 41.9 Å². The molecule has 0 radical (unpaired) electrons. The Morgan fingerprint density at radius 2 is 1.60 bits per heavy atom. The number of hydrogen-bond acceptors (Lipinski definition) is 3. The van der Waals surface area contributed by atoms with E-state index < -0.39 is 5.69 Å². The van der Waals surface area contributed by atoms with Crippen LogP contribution in [0.2, 0.25) is 0 Å². The van der Waals surface area contributed by atoms with Crippen molar-refractivity contribution in [1.82, 2.24) is 28.8 Å². The van der Waals surface area contributed by atoms with Gasteiger partial charge in [0.05, 0.1) is 11.2 Å². The van der Waals surface area contributed by atoms with Crippen molar-refractivity contribution in [2.24, 2.45) is 13.0 Å². The zero-order valence-corrected chi connectivity index (χ0v) is 24.0. The number of fused-ring (bicyclic) bond motifs is 2. The summed E-state index contributed by atoms with van der Waals surface area (Å²) in [6, 6.07) is 19.8.